The average molecular weight is 188 g/mol. The van der Waals surface area contributed by atoms with Crippen LogP contribution in [0.5, 0.6) is 0 Å². The van der Waals surface area contributed by atoms with Gasteiger partial charge in [0, 0.05) is 0 Å². The van der Waals surface area contributed by atoms with Gasteiger partial charge in [0.25, 0.3) is 0 Å². The van der Waals surface area contributed by atoms with Crippen LogP contribution in [0.25, 0.3) is 0 Å². The zero-order valence-corrected chi connectivity index (χ0v) is 9.05. The molecule has 0 fully saturated rings. The second-order valence-corrected chi connectivity index (χ2v) is 7.97. The molecule has 0 rings (SSSR count). The summed E-state index contributed by atoms with van der Waals surface area (Å²) in [6.45, 7) is 7.87. The summed E-state index contributed by atoms with van der Waals surface area (Å²) in [7, 11) is -1.64. The van der Waals surface area contributed by atoms with E-state index in [1.807, 2.05) is 19.6 Å². The Labute approximate surface area is 74.2 Å². The van der Waals surface area contributed by atoms with Gasteiger partial charge in [0.2, 0.25) is 8.32 Å². The molecule has 0 aromatic heterocycles. The van der Waals surface area contributed by atoms with Gasteiger partial charge in [-0.2, -0.15) is 0 Å². The molecule has 3 nitrogen and oxygen atoms in total. The van der Waals surface area contributed by atoms with Gasteiger partial charge < -0.3 is 9.53 Å². The minimum atomic E-state index is -1.64. The van der Waals surface area contributed by atoms with Gasteiger partial charge in [-0.3, -0.25) is 4.79 Å². The van der Waals surface area contributed by atoms with E-state index in [9.17, 15) is 4.79 Å². The lowest BCUT2D eigenvalue weighted by Crippen LogP contribution is -2.25. The minimum absolute atomic E-state index is 0.0131. The van der Waals surface area contributed by atoms with Crippen molar-refractivity contribution in [3.63, 3.8) is 0 Å². The molecule has 0 heterocycles. The number of carboxylic acid groups (broad SMARTS) is 1. The second kappa shape index (κ2) is 4.30. The molecule has 0 spiro atoms. The fourth-order valence-corrected chi connectivity index (χ4v) is 1.72. The fraction of sp³-hybridized carbons (Fsp3) is 0.625. The Morgan fingerprint density at radius 1 is 1.50 bits per heavy atom. The summed E-state index contributed by atoms with van der Waals surface area (Å²) < 4.78 is 5.52. The Bertz CT molecular complexity index is 191. The molecule has 0 amide bonds. The fourth-order valence-electron chi connectivity index (χ4n) is 0.739. The van der Waals surface area contributed by atoms with Gasteiger partial charge in [0.1, 0.15) is 6.42 Å². The van der Waals surface area contributed by atoms with Crippen LogP contribution in [-0.2, 0) is 9.22 Å². The van der Waals surface area contributed by atoms with Gasteiger partial charge in [-0.15, -0.1) is 0 Å². The van der Waals surface area contributed by atoms with E-state index in [1.165, 1.54) is 0 Å². The number of rotatable bonds is 4. The lowest BCUT2D eigenvalue weighted by molar-refractivity contribution is -0.136. The lowest BCUT2D eigenvalue weighted by atomic mass is 10.3. The number of allylic oxidation sites excluding steroid dienone is 1. The molecule has 0 aromatic rings. The summed E-state index contributed by atoms with van der Waals surface area (Å²) in [5.41, 5.74) is 0. The van der Waals surface area contributed by atoms with Crippen LogP contribution < -0.4 is 0 Å². The number of carbonyl (C=O) groups is 1. The van der Waals surface area contributed by atoms with Crippen LogP contribution in [0.2, 0.25) is 19.6 Å². The van der Waals surface area contributed by atoms with E-state index in [4.69, 9.17) is 9.53 Å². The minimum Gasteiger partial charge on any atom is -0.547 e. The smallest absolute Gasteiger partial charge is 0.310 e. The zero-order valence-electron chi connectivity index (χ0n) is 8.05. The van der Waals surface area contributed by atoms with Crippen molar-refractivity contribution in [2.24, 2.45) is 0 Å². The van der Waals surface area contributed by atoms with Crippen molar-refractivity contribution in [3.8, 4) is 0 Å². The number of hydrogen-bond acceptors (Lipinski definition) is 2. The number of hydrogen-bond donors (Lipinski definition) is 1. The van der Waals surface area contributed by atoms with Gasteiger partial charge in [-0.25, -0.2) is 0 Å². The maximum atomic E-state index is 10.3. The Hall–Kier alpha value is -0.773. The molecule has 0 atom stereocenters. The molecule has 0 aromatic carbocycles. The molecular formula is C8H16O3Si. The Morgan fingerprint density at radius 3 is 2.25 bits per heavy atom. The van der Waals surface area contributed by atoms with E-state index in [1.54, 1.807) is 13.0 Å². The second-order valence-electron chi connectivity index (χ2n) is 3.54. The molecule has 4 heteroatoms. The molecule has 70 valence electrons. The molecule has 1 N–H and O–H groups in total. The third-order valence-electron chi connectivity index (χ3n) is 1.08. The quantitative estimate of drug-likeness (QED) is 0.543. The summed E-state index contributed by atoms with van der Waals surface area (Å²) in [5.74, 6) is -0.275. The molecule has 0 saturated heterocycles. The Balaban J connectivity index is 4.12. The van der Waals surface area contributed by atoms with E-state index in [-0.39, 0.29) is 6.42 Å². The van der Waals surface area contributed by atoms with Crippen molar-refractivity contribution in [2.75, 3.05) is 0 Å². The predicted molar refractivity (Wildman–Crippen MR) is 50.4 cm³/mol. The van der Waals surface area contributed by atoms with Crippen molar-refractivity contribution in [2.45, 2.75) is 33.0 Å². The van der Waals surface area contributed by atoms with Crippen molar-refractivity contribution < 1.29 is 14.3 Å². The van der Waals surface area contributed by atoms with Gasteiger partial charge in [-0.1, -0.05) is 6.08 Å². The molecule has 12 heavy (non-hydrogen) atoms. The van der Waals surface area contributed by atoms with Gasteiger partial charge in [0.15, 0.2) is 0 Å². The summed E-state index contributed by atoms with van der Waals surface area (Å²) in [6.07, 6.45) is 1.70. The zero-order chi connectivity index (χ0) is 9.78. The monoisotopic (exact) mass is 188 g/mol. The highest BCUT2D eigenvalue weighted by Crippen LogP contribution is 2.12. The van der Waals surface area contributed by atoms with Crippen LogP contribution >= 0.6 is 0 Å². The van der Waals surface area contributed by atoms with Gasteiger partial charge in [0.05, 0.1) is 5.76 Å². The van der Waals surface area contributed by atoms with Crippen LogP contribution in [0.1, 0.15) is 13.3 Å². The highest BCUT2D eigenvalue weighted by atomic mass is 28.4. The summed E-state index contributed by atoms with van der Waals surface area (Å²) in [5, 5.41) is 8.51. The SMILES string of the molecule is CC=C(CC(=O)O)O[Si](C)(C)C. The summed E-state index contributed by atoms with van der Waals surface area (Å²) in [4.78, 5) is 10.3. The van der Waals surface area contributed by atoms with E-state index in [0.717, 1.165) is 0 Å². The maximum absolute atomic E-state index is 10.3. The maximum Gasteiger partial charge on any atom is 0.310 e. The van der Waals surface area contributed by atoms with Crippen molar-refractivity contribution in [1.29, 1.82) is 0 Å². The first-order valence-electron chi connectivity index (χ1n) is 3.91. The first-order valence-corrected chi connectivity index (χ1v) is 7.32. The lowest BCUT2D eigenvalue weighted by Gasteiger charge is -2.20. The topological polar surface area (TPSA) is 46.5 Å². The first kappa shape index (κ1) is 11.2. The Kier molecular flexibility index (Phi) is 4.02. The first-order chi connectivity index (χ1) is 5.35. The molecule has 0 saturated carbocycles. The normalized spacial score (nSPS) is 12.8. The third kappa shape index (κ3) is 5.97. The van der Waals surface area contributed by atoms with Crippen LogP contribution in [0.3, 0.4) is 0 Å². The van der Waals surface area contributed by atoms with Crippen molar-refractivity contribution in [3.05, 3.63) is 11.8 Å². The highest BCUT2D eigenvalue weighted by Gasteiger charge is 2.18. The van der Waals surface area contributed by atoms with Crippen LogP contribution in [0.15, 0.2) is 11.8 Å². The molecule has 0 aliphatic rings. The summed E-state index contributed by atoms with van der Waals surface area (Å²) >= 11 is 0. The molecular weight excluding hydrogens is 172 g/mol. The molecule has 0 radical (unpaired) electrons. The van der Waals surface area contributed by atoms with Gasteiger partial charge >= 0.3 is 5.97 Å². The van der Waals surface area contributed by atoms with Crippen LogP contribution in [-0.4, -0.2) is 19.4 Å². The molecule has 0 unspecified atom stereocenters. The van der Waals surface area contributed by atoms with Crippen LogP contribution in [0, 0.1) is 0 Å². The molecule has 0 bridgehead atoms. The molecule has 0 aliphatic heterocycles. The van der Waals surface area contributed by atoms with Crippen molar-refractivity contribution in [1.82, 2.24) is 0 Å². The number of carboxylic acids is 1. The Morgan fingerprint density at radius 2 is 2.00 bits per heavy atom. The van der Waals surface area contributed by atoms with E-state index < -0.39 is 14.3 Å². The third-order valence-corrected chi connectivity index (χ3v) is 1.96. The average Bonchev–Trinajstić information content (AvgIpc) is 1.82. The van der Waals surface area contributed by atoms with E-state index in [0.29, 0.717) is 5.76 Å². The largest absolute Gasteiger partial charge is 0.547 e. The molecule has 0 aliphatic carbocycles. The predicted octanol–water partition coefficient (Wildman–Crippen LogP) is 2.22. The van der Waals surface area contributed by atoms with E-state index >= 15 is 0 Å². The number of aliphatic carboxylic acids is 1. The van der Waals surface area contributed by atoms with Crippen molar-refractivity contribution >= 4 is 14.3 Å². The van der Waals surface area contributed by atoms with Crippen LogP contribution in [0.4, 0.5) is 0 Å². The standard InChI is InChI=1S/C8H16O3Si/c1-5-7(6-8(9)10)11-12(2,3)4/h5H,6H2,1-4H3,(H,9,10). The summed E-state index contributed by atoms with van der Waals surface area (Å²) in [6, 6.07) is 0. The van der Waals surface area contributed by atoms with E-state index in [2.05, 4.69) is 0 Å². The highest BCUT2D eigenvalue weighted by molar-refractivity contribution is 6.70. The van der Waals surface area contributed by atoms with Gasteiger partial charge in [-0.05, 0) is 26.6 Å².